The van der Waals surface area contributed by atoms with Crippen molar-refractivity contribution >= 4 is 27.5 Å². The van der Waals surface area contributed by atoms with Crippen LogP contribution < -0.4 is 0 Å². The Morgan fingerprint density at radius 3 is 2.31 bits per heavy atom. The maximum Gasteiger partial charge on any atom is 0.0835 e. The van der Waals surface area contributed by atoms with Crippen LogP contribution in [0.15, 0.2) is 53.0 Å². The third-order valence-corrected chi connectivity index (χ3v) is 3.51. The second-order valence-electron chi connectivity index (χ2n) is 3.83. The zero-order chi connectivity index (χ0) is 11.5. The van der Waals surface area contributed by atoms with Gasteiger partial charge in [-0.25, -0.2) is 0 Å². The first kappa shape index (κ1) is 11.7. The van der Waals surface area contributed by atoms with E-state index >= 15 is 0 Å². The summed E-state index contributed by atoms with van der Waals surface area (Å²) in [6.07, 6.45) is 0. The van der Waals surface area contributed by atoms with Gasteiger partial charge in [0.05, 0.1) is 5.38 Å². The van der Waals surface area contributed by atoms with Crippen molar-refractivity contribution in [3.63, 3.8) is 0 Å². The summed E-state index contributed by atoms with van der Waals surface area (Å²) in [5, 5.41) is -0.0851. The number of aryl methyl sites for hydroxylation is 1. The maximum atomic E-state index is 6.44. The molecule has 0 aliphatic rings. The Hall–Kier alpha value is -0.790. The molecule has 0 N–H and O–H groups in total. The highest BCUT2D eigenvalue weighted by molar-refractivity contribution is 9.10. The summed E-state index contributed by atoms with van der Waals surface area (Å²) in [7, 11) is 0. The van der Waals surface area contributed by atoms with Crippen molar-refractivity contribution in [2.45, 2.75) is 12.3 Å². The van der Waals surface area contributed by atoms with E-state index in [-0.39, 0.29) is 5.38 Å². The van der Waals surface area contributed by atoms with Crippen molar-refractivity contribution in [1.82, 2.24) is 0 Å². The maximum absolute atomic E-state index is 6.44. The summed E-state index contributed by atoms with van der Waals surface area (Å²) in [4.78, 5) is 0. The zero-order valence-electron chi connectivity index (χ0n) is 8.95. The molecular weight excluding hydrogens is 284 g/mol. The summed E-state index contributed by atoms with van der Waals surface area (Å²) >= 11 is 9.89. The van der Waals surface area contributed by atoms with E-state index in [0.717, 1.165) is 15.6 Å². The van der Waals surface area contributed by atoms with Gasteiger partial charge in [-0.05, 0) is 30.2 Å². The van der Waals surface area contributed by atoms with Gasteiger partial charge in [-0.15, -0.1) is 11.6 Å². The van der Waals surface area contributed by atoms with Gasteiger partial charge < -0.3 is 0 Å². The van der Waals surface area contributed by atoms with Gasteiger partial charge in [0, 0.05) is 4.47 Å². The quantitative estimate of drug-likeness (QED) is 0.677. The molecule has 16 heavy (non-hydrogen) atoms. The molecule has 2 aromatic rings. The van der Waals surface area contributed by atoms with Crippen LogP contribution in [0.2, 0.25) is 0 Å². The molecule has 0 nitrogen and oxygen atoms in total. The lowest BCUT2D eigenvalue weighted by atomic mass is 10.0. The number of hydrogen-bond donors (Lipinski definition) is 0. The highest BCUT2D eigenvalue weighted by Crippen LogP contribution is 2.30. The van der Waals surface area contributed by atoms with Crippen molar-refractivity contribution in [3.05, 3.63) is 69.7 Å². The molecule has 0 saturated heterocycles. The van der Waals surface area contributed by atoms with Gasteiger partial charge in [0.15, 0.2) is 0 Å². The molecule has 1 atom stereocenters. The summed E-state index contributed by atoms with van der Waals surface area (Å²) in [5.41, 5.74) is 3.49. The first-order valence-corrected chi connectivity index (χ1v) is 6.36. The molecule has 0 heterocycles. The molecule has 0 amide bonds. The zero-order valence-corrected chi connectivity index (χ0v) is 11.3. The van der Waals surface area contributed by atoms with Crippen molar-refractivity contribution in [3.8, 4) is 0 Å². The summed E-state index contributed by atoms with van der Waals surface area (Å²) in [6, 6.07) is 16.4. The fraction of sp³-hybridized carbons (Fsp3) is 0.143. The Labute approximate surface area is 109 Å². The second-order valence-corrected chi connectivity index (χ2v) is 5.18. The van der Waals surface area contributed by atoms with Gasteiger partial charge in [0.25, 0.3) is 0 Å². The molecule has 0 radical (unpaired) electrons. The summed E-state index contributed by atoms with van der Waals surface area (Å²) in [6.45, 7) is 2.08. The molecular formula is C14H12BrCl. The van der Waals surface area contributed by atoms with Crippen LogP contribution in [0.4, 0.5) is 0 Å². The van der Waals surface area contributed by atoms with Gasteiger partial charge in [0.1, 0.15) is 0 Å². The van der Waals surface area contributed by atoms with Crippen LogP contribution in [0.5, 0.6) is 0 Å². The Morgan fingerprint density at radius 2 is 1.69 bits per heavy atom. The molecule has 82 valence electrons. The average Bonchev–Trinajstić information content (AvgIpc) is 2.29. The average molecular weight is 296 g/mol. The van der Waals surface area contributed by atoms with Gasteiger partial charge in [-0.2, -0.15) is 0 Å². The van der Waals surface area contributed by atoms with E-state index in [4.69, 9.17) is 11.6 Å². The minimum atomic E-state index is -0.0851. The Morgan fingerprint density at radius 1 is 1.00 bits per heavy atom. The lowest BCUT2D eigenvalue weighted by Gasteiger charge is -2.10. The fourth-order valence-electron chi connectivity index (χ4n) is 1.59. The first-order valence-electron chi connectivity index (χ1n) is 5.13. The standard InChI is InChI=1S/C14H12BrCl/c1-10-5-7-11(8-6-10)14(16)12-3-2-4-13(15)9-12/h2-9,14H,1H3. The lowest BCUT2D eigenvalue weighted by molar-refractivity contribution is 1.13. The van der Waals surface area contributed by atoms with E-state index in [9.17, 15) is 0 Å². The van der Waals surface area contributed by atoms with Crippen molar-refractivity contribution in [2.24, 2.45) is 0 Å². The Kier molecular flexibility index (Phi) is 3.67. The monoisotopic (exact) mass is 294 g/mol. The van der Waals surface area contributed by atoms with E-state index in [1.54, 1.807) is 0 Å². The van der Waals surface area contributed by atoms with Crippen LogP contribution in [-0.4, -0.2) is 0 Å². The Bertz CT molecular complexity index is 476. The highest BCUT2D eigenvalue weighted by Gasteiger charge is 2.10. The fourth-order valence-corrected chi connectivity index (χ4v) is 2.29. The van der Waals surface area contributed by atoms with Crippen molar-refractivity contribution < 1.29 is 0 Å². The molecule has 2 rings (SSSR count). The van der Waals surface area contributed by atoms with Gasteiger partial charge in [0.2, 0.25) is 0 Å². The molecule has 0 aliphatic heterocycles. The topological polar surface area (TPSA) is 0 Å². The van der Waals surface area contributed by atoms with Gasteiger partial charge >= 0.3 is 0 Å². The van der Waals surface area contributed by atoms with Crippen LogP contribution in [0.3, 0.4) is 0 Å². The predicted octanol–water partition coefficient (Wildman–Crippen LogP) is 5.09. The summed E-state index contributed by atoms with van der Waals surface area (Å²) < 4.78 is 1.06. The van der Waals surface area contributed by atoms with Crippen LogP contribution in [0.25, 0.3) is 0 Å². The van der Waals surface area contributed by atoms with Crippen LogP contribution >= 0.6 is 27.5 Å². The molecule has 2 heteroatoms. The third kappa shape index (κ3) is 2.66. The first-order chi connectivity index (χ1) is 7.66. The number of alkyl halides is 1. The third-order valence-electron chi connectivity index (χ3n) is 2.51. The highest BCUT2D eigenvalue weighted by atomic mass is 79.9. The normalized spacial score (nSPS) is 12.4. The molecule has 2 aromatic carbocycles. The number of halogens is 2. The molecule has 0 fully saturated rings. The van der Waals surface area contributed by atoms with Crippen molar-refractivity contribution in [2.75, 3.05) is 0 Å². The lowest BCUT2D eigenvalue weighted by Crippen LogP contribution is -1.92. The second kappa shape index (κ2) is 5.03. The van der Waals surface area contributed by atoms with Gasteiger partial charge in [-0.3, -0.25) is 0 Å². The van der Waals surface area contributed by atoms with Crippen LogP contribution in [-0.2, 0) is 0 Å². The molecule has 0 saturated carbocycles. The number of benzene rings is 2. The SMILES string of the molecule is Cc1ccc(C(Cl)c2cccc(Br)c2)cc1. The van der Waals surface area contributed by atoms with E-state index in [2.05, 4.69) is 53.2 Å². The molecule has 0 spiro atoms. The molecule has 0 bridgehead atoms. The predicted molar refractivity (Wildman–Crippen MR) is 73.0 cm³/mol. The smallest absolute Gasteiger partial charge is 0.0835 e. The summed E-state index contributed by atoms with van der Waals surface area (Å²) in [5.74, 6) is 0. The van der Waals surface area contributed by atoms with Gasteiger partial charge in [-0.1, -0.05) is 57.9 Å². The van der Waals surface area contributed by atoms with Crippen LogP contribution in [0, 0.1) is 6.92 Å². The van der Waals surface area contributed by atoms with E-state index in [0.29, 0.717) is 0 Å². The Balaban J connectivity index is 2.31. The van der Waals surface area contributed by atoms with E-state index in [1.807, 2.05) is 18.2 Å². The molecule has 1 unspecified atom stereocenters. The van der Waals surface area contributed by atoms with Crippen molar-refractivity contribution in [1.29, 1.82) is 0 Å². The van der Waals surface area contributed by atoms with Crippen LogP contribution in [0.1, 0.15) is 22.1 Å². The van der Waals surface area contributed by atoms with E-state index in [1.165, 1.54) is 5.56 Å². The number of rotatable bonds is 2. The minimum Gasteiger partial charge on any atom is -0.113 e. The van der Waals surface area contributed by atoms with E-state index < -0.39 is 0 Å². The molecule has 0 aliphatic carbocycles. The number of hydrogen-bond acceptors (Lipinski definition) is 0. The minimum absolute atomic E-state index is 0.0851. The largest absolute Gasteiger partial charge is 0.113 e. The molecule has 0 aromatic heterocycles.